The molecule has 2 saturated heterocycles. The molecule has 1 amide bonds. The van der Waals surface area contributed by atoms with Gasteiger partial charge in [0.15, 0.2) is 0 Å². The van der Waals surface area contributed by atoms with Gasteiger partial charge in [-0.05, 0) is 44.0 Å². The van der Waals surface area contributed by atoms with Crippen molar-refractivity contribution in [3.8, 4) is 0 Å². The molecule has 1 aromatic rings. The summed E-state index contributed by atoms with van der Waals surface area (Å²) in [5.41, 5.74) is 1.13. The summed E-state index contributed by atoms with van der Waals surface area (Å²) in [6.45, 7) is 5.96. The Morgan fingerprint density at radius 3 is 2.64 bits per heavy atom. The highest BCUT2D eigenvalue weighted by Gasteiger charge is 2.24. The predicted molar refractivity (Wildman–Crippen MR) is 84.3 cm³/mol. The molecule has 0 aromatic carbocycles. The average molecular weight is 303 g/mol. The molecule has 0 bridgehead atoms. The van der Waals surface area contributed by atoms with Crippen molar-refractivity contribution in [1.29, 1.82) is 0 Å². The van der Waals surface area contributed by atoms with Crippen LogP contribution in [0.25, 0.3) is 0 Å². The zero-order valence-corrected chi connectivity index (χ0v) is 13.1. The number of piperidine rings is 1. The summed E-state index contributed by atoms with van der Waals surface area (Å²) >= 11 is 0. The molecule has 3 rings (SSSR count). The number of pyridine rings is 1. The van der Waals surface area contributed by atoms with Crippen LogP contribution in [-0.4, -0.2) is 60.1 Å². The van der Waals surface area contributed by atoms with E-state index < -0.39 is 0 Å². The molecule has 2 aliphatic heterocycles. The Kier molecular flexibility index (Phi) is 5.40. The van der Waals surface area contributed by atoms with E-state index in [-0.39, 0.29) is 0 Å². The Hall–Kier alpha value is -1.46. The number of aromatic nitrogens is 1. The molecule has 1 aromatic heterocycles. The Balaban J connectivity index is 1.40. The Morgan fingerprint density at radius 1 is 1.18 bits per heavy atom. The van der Waals surface area contributed by atoms with Crippen LogP contribution in [0, 0.1) is 5.92 Å². The molecule has 3 heterocycles. The molecule has 22 heavy (non-hydrogen) atoms. The van der Waals surface area contributed by atoms with Gasteiger partial charge < -0.3 is 9.64 Å². The molecule has 0 unspecified atom stereocenters. The second-order valence-electron chi connectivity index (χ2n) is 6.24. The SMILES string of the molecule is O=C(CC1CCN(Cc2ccccn2)CC1)N1CCOCC1. The van der Waals surface area contributed by atoms with Crippen molar-refractivity contribution in [2.45, 2.75) is 25.8 Å². The van der Waals surface area contributed by atoms with Crippen LogP contribution in [0.15, 0.2) is 24.4 Å². The van der Waals surface area contributed by atoms with E-state index in [1.807, 2.05) is 23.2 Å². The van der Waals surface area contributed by atoms with E-state index in [0.717, 1.165) is 51.3 Å². The van der Waals surface area contributed by atoms with Gasteiger partial charge in [-0.25, -0.2) is 0 Å². The van der Waals surface area contributed by atoms with Crippen LogP contribution < -0.4 is 0 Å². The number of nitrogens with zero attached hydrogens (tertiary/aromatic N) is 3. The largest absolute Gasteiger partial charge is 0.378 e. The van der Waals surface area contributed by atoms with Crippen molar-refractivity contribution in [2.75, 3.05) is 39.4 Å². The first-order valence-electron chi connectivity index (χ1n) is 8.29. The summed E-state index contributed by atoms with van der Waals surface area (Å²) in [7, 11) is 0. The minimum Gasteiger partial charge on any atom is -0.378 e. The average Bonchev–Trinajstić information content (AvgIpc) is 2.58. The third-order valence-electron chi connectivity index (χ3n) is 4.65. The molecule has 5 heteroatoms. The van der Waals surface area contributed by atoms with Crippen molar-refractivity contribution in [2.24, 2.45) is 5.92 Å². The molecule has 0 atom stereocenters. The first kappa shape index (κ1) is 15.4. The van der Waals surface area contributed by atoms with Crippen molar-refractivity contribution < 1.29 is 9.53 Å². The highest BCUT2D eigenvalue weighted by Crippen LogP contribution is 2.22. The fourth-order valence-corrected chi connectivity index (χ4v) is 3.26. The monoisotopic (exact) mass is 303 g/mol. The highest BCUT2D eigenvalue weighted by atomic mass is 16.5. The number of rotatable bonds is 4. The van der Waals surface area contributed by atoms with Crippen LogP contribution in [0.4, 0.5) is 0 Å². The molecule has 5 nitrogen and oxygen atoms in total. The van der Waals surface area contributed by atoms with Crippen LogP contribution in [0.1, 0.15) is 25.0 Å². The molecule has 0 radical (unpaired) electrons. The smallest absolute Gasteiger partial charge is 0.223 e. The highest BCUT2D eigenvalue weighted by molar-refractivity contribution is 5.76. The van der Waals surface area contributed by atoms with E-state index in [9.17, 15) is 4.79 Å². The minimum absolute atomic E-state index is 0.312. The standard InChI is InChI=1S/C17H25N3O2/c21-17(20-9-11-22-12-10-20)13-15-4-7-19(8-5-15)14-16-3-1-2-6-18-16/h1-3,6,15H,4-5,7-14H2. The second-order valence-corrected chi connectivity index (χ2v) is 6.24. The van der Waals surface area contributed by atoms with Gasteiger partial charge in [0, 0.05) is 32.3 Å². The lowest BCUT2D eigenvalue weighted by Crippen LogP contribution is -2.42. The Bertz CT molecular complexity index is 466. The van der Waals surface area contributed by atoms with E-state index >= 15 is 0 Å². The molecule has 120 valence electrons. The second kappa shape index (κ2) is 7.70. The normalized spacial score (nSPS) is 21.0. The fourth-order valence-electron chi connectivity index (χ4n) is 3.26. The van der Waals surface area contributed by atoms with Gasteiger partial charge >= 0.3 is 0 Å². The number of likely N-dealkylation sites (tertiary alicyclic amines) is 1. The summed E-state index contributed by atoms with van der Waals surface area (Å²) in [5.74, 6) is 0.849. The van der Waals surface area contributed by atoms with Gasteiger partial charge in [-0.3, -0.25) is 14.7 Å². The van der Waals surface area contributed by atoms with Crippen molar-refractivity contribution in [3.63, 3.8) is 0 Å². The van der Waals surface area contributed by atoms with Gasteiger partial charge in [-0.1, -0.05) is 6.07 Å². The summed E-state index contributed by atoms with van der Waals surface area (Å²) in [5, 5.41) is 0. The molecule has 0 N–H and O–H groups in total. The Labute approximate surface area is 132 Å². The molecule has 0 aliphatic carbocycles. The van der Waals surface area contributed by atoms with Crippen molar-refractivity contribution >= 4 is 5.91 Å². The van der Waals surface area contributed by atoms with Gasteiger partial charge in [0.2, 0.25) is 5.91 Å². The number of ether oxygens (including phenoxy) is 1. The molecule has 2 fully saturated rings. The van der Waals surface area contributed by atoms with E-state index in [1.54, 1.807) is 0 Å². The summed E-state index contributed by atoms with van der Waals surface area (Å²) in [4.78, 5) is 21.1. The topological polar surface area (TPSA) is 45.7 Å². The molecule has 0 saturated carbocycles. The lowest BCUT2D eigenvalue weighted by atomic mass is 9.93. The van der Waals surface area contributed by atoms with Crippen LogP contribution in [0.5, 0.6) is 0 Å². The third kappa shape index (κ3) is 4.27. The third-order valence-corrected chi connectivity index (χ3v) is 4.65. The van der Waals surface area contributed by atoms with Crippen LogP contribution in [0.3, 0.4) is 0 Å². The number of carbonyl (C=O) groups is 1. The number of carbonyl (C=O) groups excluding carboxylic acids is 1. The molecular weight excluding hydrogens is 278 g/mol. The van der Waals surface area contributed by atoms with Gasteiger partial charge in [-0.2, -0.15) is 0 Å². The minimum atomic E-state index is 0.312. The maximum Gasteiger partial charge on any atom is 0.223 e. The summed E-state index contributed by atoms with van der Waals surface area (Å²) in [6.07, 6.45) is 4.78. The van der Waals surface area contributed by atoms with E-state index in [0.29, 0.717) is 31.5 Å². The fraction of sp³-hybridized carbons (Fsp3) is 0.647. The zero-order chi connectivity index (χ0) is 15.2. The zero-order valence-electron chi connectivity index (χ0n) is 13.1. The lowest BCUT2D eigenvalue weighted by Gasteiger charge is -2.33. The van der Waals surface area contributed by atoms with Gasteiger partial charge in [0.1, 0.15) is 0 Å². The van der Waals surface area contributed by atoms with Gasteiger partial charge in [0.25, 0.3) is 0 Å². The maximum absolute atomic E-state index is 12.3. The van der Waals surface area contributed by atoms with E-state index in [2.05, 4.69) is 16.0 Å². The molecular formula is C17H25N3O2. The first-order chi connectivity index (χ1) is 10.8. The van der Waals surface area contributed by atoms with Crippen molar-refractivity contribution in [3.05, 3.63) is 30.1 Å². The van der Waals surface area contributed by atoms with Gasteiger partial charge in [-0.15, -0.1) is 0 Å². The number of hydrogen-bond acceptors (Lipinski definition) is 4. The number of morpholine rings is 1. The van der Waals surface area contributed by atoms with E-state index in [4.69, 9.17) is 4.74 Å². The lowest BCUT2D eigenvalue weighted by molar-refractivity contribution is -0.136. The molecule has 0 spiro atoms. The summed E-state index contributed by atoms with van der Waals surface area (Å²) in [6, 6.07) is 6.07. The quantitative estimate of drug-likeness (QED) is 0.846. The van der Waals surface area contributed by atoms with Crippen molar-refractivity contribution in [1.82, 2.24) is 14.8 Å². The first-order valence-corrected chi connectivity index (χ1v) is 8.29. The van der Waals surface area contributed by atoms with Crippen LogP contribution >= 0.6 is 0 Å². The maximum atomic E-state index is 12.3. The number of amides is 1. The van der Waals surface area contributed by atoms with Crippen LogP contribution in [0.2, 0.25) is 0 Å². The Morgan fingerprint density at radius 2 is 1.95 bits per heavy atom. The summed E-state index contributed by atoms with van der Waals surface area (Å²) < 4.78 is 5.30. The van der Waals surface area contributed by atoms with Crippen LogP contribution in [-0.2, 0) is 16.1 Å². The van der Waals surface area contributed by atoms with Gasteiger partial charge in [0.05, 0.1) is 18.9 Å². The van der Waals surface area contributed by atoms with E-state index in [1.165, 1.54) is 0 Å². The molecule has 2 aliphatic rings. The number of hydrogen-bond donors (Lipinski definition) is 0. The predicted octanol–water partition coefficient (Wildman–Crippen LogP) is 1.54.